The SMILES string of the molecule is Nc1nc(N2CCC(Br)CC2)c2c(n1)[nH]c1ccc(O)cc12. The largest absolute Gasteiger partial charge is 0.508 e. The number of benzene rings is 1. The van der Waals surface area contributed by atoms with E-state index in [0.717, 1.165) is 48.0 Å². The molecule has 1 saturated heterocycles. The van der Waals surface area contributed by atoms with Gasteiger partial charge in [0.05, 0.1) is 5.39 Å². The van der Waals surface area contributed by atoms with Crippen LogP contribution in [-0.4, -0.2) is 38.0 Å². The quantitative estimate of drug-likeness (QED) is 0.579. The highest BCUT2D eigenvalue weighted by Gasteiger charge is 2.22. The summed E-state index contributed by atoms with van der Waals surface area (Å²) in [6.45, 7) is 1.85. The lowest BCUT2D eigenvalue weighted by molar-refractivity contribution is 0.476. The number of aromatic amines is 1. The molecular formula is C15H16BrN5O. The Bertz CT molecular complexity index is 854. The maximum Gasteiger partial charge on any atom is 0.223 e. The van der Waals surface area contributed by atoms with Gasteiger partial charge in [-0.1, -0.05) is 15.9 Å². The summed E-state index contributed by atoms with van der Waals surface area (Å²) in [5, 5.41) is 11.6. The van der Waals surface area contributed by atoms with Crippen molar-refractivity contribution in [2.45, 2.75) is 17.7 Å². The van der Waals surface area contributed by atoms with Gasteiger partial charge in [-0.3, -0.25) is 0 Å². The van der Waals surface area contributed by atoms with Crippen LogP contribution in [0.2, 0.25) is 0 Å². The van der Waals surface area contributed by atoms with Crippen molar-refractivity contribution in [1.29, 1.82) is 0 Å². The number of aromatic nitrogens is 3. The summed E-state index contributed by atoms with van der Waals surface area (Å²) in [5.74, 6) is 1.34. The molecule has 3 heterocycles. The number of hydrogen-bond acceptors (Lipinski definition) is 5. The van der Waals surface area contributed by atoms with E-state index < -0.39 is 0 Å². The average Bonchev–Trinajstić information content (AvgIpc) is 2.84. The van der Waals surface area contributed by atoms with Gasteiger partial charge in [0.1, 0.15) is 17.2 Å². The van der Waals surface area contributed by atoms with Gasteiger partial charge in [-0.2, -0.15) is 9.97 Å². The molecule has 4 N–H and O–H groups in total. The molecule has 0 saturated carbocycles. The molecule has 4 rings (SSSR count). The second-order valence-corrected chi connectivity index (χ2v) is 6.94. The Kier molecular flexibility index (Phi) is 3.11. The van der Waals surface area contributed by atoms with Crippen LogP contribution in [0.15, 0.2) is 18.2 Å². The van der Waals surface area contributed by atoms with Gasteiger partial charge in [0.25, 0.3) is 0 Å². The monoisotopic (exact) mass is 361 g/mol. The van der Waals surface area contributed by atoms with Crippen molar-refractivity contribution in [3.8, 4) is 5.75 Å². The van der Waals surface area contributed by atoms with E-state index >= 15 is 0 Å². The number of H-pyrrole nitrogens is 1. The number of fused-ring (bicyclic) bond motifs is 3. The first-order chi connectivity index (χ1) is 10.6. The Morgan fingerprint density at radius 3 is 2.82 bits per heavy atom. The predicted octanol–water partition coefficient (Wildman–Crippen LogP) is 2.76. The van der Waals surface area contributed by atoms with Crippen LogP contribution in [0, 0.1) is 0 Å². The minimum Gasteiger partial charge on any atom is -0.508 e. The zero-order valence-corrected chi connectivity index (χ0v) is 13.5. The lowest BCUT2D eigenvalue weighted by Gasteiger charge is -2.30. The first-order valence-electron chi connectivity index (χ1n) is 7.29. The van der Waals surface area contributed by atoms with E-state index in [4.69, 9.17) is 5.73 Å². The second-order valence-electron chi connectivity index (χ2n) is 5.65. The number of alkyl halides is 1. The van der Waals surface area contributed by atoms with Crippen LogP contribution >= 0.6 is 15.9 Å². The maximum absolute atomic E-state index is 9.80. The van der Waals surface area contributed by atoms with E-state index in [9.17, 15) is 5.11 Å². The van der Waals surface area contributed by atoms with Crippen molar-refractivity contribution >= 4 is 49.6 Å². The van der Waals surface area contributed by atoms with E-state index in [-0.39, 0.29) is 11.7 Å². The molecule has 1 fully saturated rings. The third-order valence-corrected chi connectivity index (χ3v) is 5.07. The molecule has 1 aromatic carbocycles. The normalized spacial score (nSPS) is 16.7. The molecule has 0 bridgehead atoms. The Morgan fingerprint density at radius 1 is 1.27 bits per heavy atom. The highest BCUT2D eigenvalue weighted by molar-refractivity contribution is 9.09. The van der Waals surface area contributed by atoms with E-state index in [0.29, 0.717) is 10.5 Å². The standard InChI is InChI=1S/C15H16BrN5O/c16-8-3-5-21(6-4-8)14-12-10-7-9(22)1-2-11(10)18-13(12)19-15(17)20-14/h1-2,7-8,22H,3-6H2,(H3,17,18,19,20). The highest BCUT2D eigenvalue weighted by atomic mass is 79.9. The van der Waals surface area contributed by atoms with Crippen molar-refractivity contribution in [3.63, 3.8) is 0 Å². The van der Waals surface area contributed by atoms with Gasteiger partial charge in [-0.15, -0.1) is 0 Å². The molecule has 6 nitrogen and oxygen atoms in total. The summed E-state index contributed by atoms with van der Waals surface area (Å²) in [7, 11) is 0. The van der Waals surface area contributed by atoms with Crippen molar-refractivity contribution in [2.75, 3.05) is 23.7 Å². The van der Waals surface area contributed by atoms with Crippen molar-refractivity contribution in [1.82, 2.24) is 15.0 Å². The number of hydrogen-bond donors (Lipinski definition) is 3. The Labute approximate surface area is 135 Å². The molecular weight excluding hydrogens is 346 g/mol. The van der Waals surface area contributed by atoms with Crippen LogP contribution < -0.4 is 10.6 Å². The van der Waals surface area contributed by atoms with E-state index in [1.807, 2.05) is 6.07 Å². The minimum absolute atomic E-state index is 0.232. The number of aromatic hydroxyl groups is 1. The van der Waals surface area contributed by atoms with Gasteiger partial charge < -0.3 is 20.7 Å². The molecule has 0 unspecified atom stereocenters. The fraction of sp³-hybridized carbons (Fsp3) is 0.333. The predicted molar refractivity (Wildman–Crippen MR) is 91.6 cm³/mol. The molecule has 0 radical (unpaired) electrons. The number of nitrogens with two attached hydrogens (primary N) is 1. The zero-order valence-electron chi connectivity index (χ0n) is 11.9. The molecule has 0 atom stereocenters. The zero-order chi connectivity index (χ0) is 15.3. The van der Waals surface area contributed by atoms with Crippen molar-refractivity contribution in [2.24, 2.45) is 0 Å². The molecule has 0 amide bonds. The number of halogens is 1. The van der Waals surface area contributed by atoms with Crippen LogP contribution in [0.25, 0.3) is 21.9 Å². The number of nitrogen functional groups attached to an aromatic ring is 1. The third kappa shape index (κ3) is 2.16. The smallest absolute Gasteiger partial charge is 0.223 e. The van der Waals surface area contributed by atoms with Gasteiger partial charge >= 0.3 is 0 Å². The number of rotatable bonds is 1. The molecule has 3 aromatic rings. The van der Waals surface area contributed by atoms with E-state index in [1.165, 1.54) is 0 Å². The molecule has 1 aliphatic rings. The summed E-state index contributed by atoms with van der Waals surface area (Å²) in [6, 6.07) is 5.25. The summed E-state index contributed by atoms with van der Waals surface area (Å²) in [6.07, 6.45) is 2.14. The summed E-state index contributed by atoms with van der Waals surface area (Å²) in [5.41, 5.74) is 7.52. The van der Waals surface area contributed by atoms with Crippen LogP contribution in [0.5, 0.6) is 5.75 Å². The van der Waals surface area contributed by atoms with Gasteiger partial charge in [-0.25, -0.2) is 0 Å². The summed E-state index contributed by atoms with van der Waals surface area (Å²) in [4.78, 5) is 14.8. The lowest BCUT2D eigenvalue weighted by Crippen LogP contribution is -2.34. The second kappa shape index (κ2) is 5.01. The first kappa shape index (κ1) is 13.6. The fourth-order valence-corrected chi connectivity index (χ4v) is 3.48. The molecule has 2 aromatic heterocycles. The number of phenolic OH excluding ortho intramolecular Hbond substituents is 1. The summed E-state index contributed by atoms with van der Waals surface area (Å²) >= 11 is 3.67. The van der Waals surface area contributed by atoms with Crippen molar-refractivity contribution in [3.05, 3.63) is 18.2 Å². The van der Waals surface area contributed by atoms with Gasteiger partial charge in [0, 0.05) is 28.8 Å². The maximum atomic E-state index is 9.80. The summed E-state index contributed by atoms with van der Waals surface area (Å²) < 4.78 is 0. The van der Waals surface area contributed by atoms with Crippen molar-refractivity contribution < 1.29 is 5.11 Å². The van der Waals surface area contributed by atoms with Crippen LogP contribution in [0.3, 0.4) is 0 Å². The lowest BCUT2D eigenvalue weighted by atomic mass is 10.1. The first-order valence-corrected chi connectivity index (χ1v) is 8.20. The number of phenols is 1. The number of nitrogens with zero attached hydrogens (tertiary/aromatic N) is 3. The molecule has 7 heteroatoms. The number of anilines is 2. The van der Waals surface area contributed by atoms with Gasteiger partial charge in [0.2, 0.25) is 5.95 Å². The highest BCUT2D eigenvalue weighted by Crippen LogP contribution is 2.35. The molecule has 22 heavy (non-hydrogen) atoms. The van der Waals surface area contributed by atoms with Crippen LogP contribution in [0.4, 0.5) is 11.8 Å². The molecule has 1 aliphatic heterocycles. The molecule has 0 aliphatic carbocycles. The molecule has 0 spiro atoms. The Morgan fingerprint density at radius 2 is 2.05 bits per heavy atom. The van der Waals surface area contributed by atoms with Crippen LogP contribution in [0.1, 0.15) is 12.8 Å². The minimum atomic E-state index is 0.232. The van der Waals surface area contributed by atoms with E-state index in [1.54, 1.807) is 12.1 Å². The van der Waals surface area contributed by atoms with Gasteiger partial charge in [-0.05, 0) is 31.0 Å². The van der Waals surface area contributed by atoms with Gasteiger partial charge in [0.15, 0.2) is 0 Å². The molecule has 114 valence electrons. The van der Waals surface area contributed by atoms with Crippen LogP contribution in [-0.2, 0) is 0 Å². The average molecular weight is 362 g/mol. The fourth-order valence-electron chi connectivity index (χ4n) is 3.07. The number of piperidine rings is 1. The topological polar surface area (TPSA) is 91.1 Å². The number of nitrogens with one attached hydrogen (secondary N) is 1. The Hall–Kier alpha value is -2.02. The Balaban J connectivity index is 1.96. The van der Waals surface area contributed by atoms with E-state index in [2.05, 4.69) is 35.8 Å². The third-order valence-electron chi connectivity index (χ3n) is 4.16.